The minimum Gasteiger partial charge on any atom is -0.336 e. The summed E-state index contributed by atoms with van der Waals surface area (Å²) in [4.78, 5) is 24.8. The maximum atomic E-state index is 13.2. The topological polar surface area (TPSA) is 129 Å². The second-order valence-electron chi connectivity index (χ2n) is 9.97. The molecule has 1 N–H and O–H groups in total. The van der Waals surface area contributed by atoms with E-state index < -0.39 is 6.03 Å². The monoisotopic (exact) mass is 682 g/mol. The van der Waals surface area contributed by atoms with E-state index >= 15 is 0 Å². The fourth-order valence-electron chi connectivity index (χ4n) is 4.64. The lowest BCUT2D eigenvalue weighted by molar-refractivity contribution is 0.239. The van der Waals surface area contributed by atoms with Gasteiger partial charge in [-0.25, -0.2) is 18.6 Å². The van der Waals surface area contributed by atoms with Crippen LogP contribution in [0.1, 0.15) is 6.42 Å². The summed E-state index contributed by atoms with van der Waals surface area (Å²) in [6, 6.07) is 19.0. The molecule has 0 saturated carbocycles. The molecular formula is C33H25ClF2N10OS. The number of pyridine rings is 2. The van der Waals surface area contributed by atoms with Gasteiger partial charge in [-0.15, -0.1) is 33.1 Å². The molecule has 1 amide bonds. The number of nitrogens with one attached hydrogen (secondary N) is 1. The van der Waals surface area contributed by atoms with Crippen LogP contribution in [-0.2, 0) is 0 Å². The molecule has 0 aliphatic heterocycles. The van der Waals surface area contributed by atoms with Crippen molar-refractivity contribution in [1.82, 2.24) is 50.3 Å². The lowest BCUT2D eigenvalue weighted by Crippen LogP contribution is -2.31. The zero-order chi connectivity index (χ0) is 33.3. The SMILES string of the molecule is Fc1ccc(-c2nnn(-c3nccs3)c2-c2ccncc2)cc1.O=C(NCCCCl)n1nnc(-c2ccc(F)cc2)c1-c1ccncc1. The molecule has 5 aromatic heterocycles. The molecule has 7 aromatic rings. The number of carbonyl (C=O) groups is 1. The van der Waals surface area contributed by atoms with Gasteiger partial charge in [0.15, 0.2) is 0 Å². The van der Waals surface area contributed by atoms with Crippen molar-refractivity contribution in [2.24, 2.45) is 0 Å². The second kappa shape index (κ2) is 15.2. The summed E-state index contributed by atoms with van der Waals surface area (Å²) in [6.45, 7) is 0.434. The zero-order valence-electron chi connectivity index (χ0n) is 25.0. The van der Waals surface area contributed by atoms with Crippen molar-refractivity contribution in [2.45, 2.75) is 6.42 Å². The highest BCUT2D eigenvalue weighted by Gasteiger charge is 2.21. The number of nitrogens with zero attached hydrogens (tertiary/aromatic N) is 9. The Hall–Kier alpha value is -5.73. The summed E-state index contributed by atoms with van der Waals surface area (Å²) in [5, 5.41) is 22.0. The average molecular weight is 683 g/mol. The number of halogens is 3. The Morgan fingerprint density at radius 2 is 1.25 bits per heavy atom. The van der Waals surface area contributed by atoms with E-state index in [4.69, 9.17) is 11.6 Å². The number of hydrogen-bond acceptors (Lipinski definition) is 9. The van der Waals surface area contributed by atoms with Gasteiger partial charge in [0, 0.05) is 71.0 Å². The van der Waals surface area contributed by atoms with Crippen LogP contribution in [0.15, 0.2) is 109 Å². The number of carbonyl (C=O) groups excluding carboxylic acids is 1. The summed E-state index contributed by atoms with van der Waals surface area (Å²) in [7, 11) is 0. The van der Waals surface area contributed by atoms with Crippen molar-refractivity contribution in [3.8, 4) is 50.2 Å². The normalized spacial score (nSPS) is 10.7. The van der Waals surface area contributed by atoms with Gasteiger partial charge in [-0.05, 0) is 79.2 Å². The fourth-order valence-corrected chi connectivity index (χ4v) is 5.37. The zero-order valence-corrected chi connectivity index (χ0v) is 26.6. The second-order valence-corrected chi connectivity index (χ2v) is 11.2. The molecule has 0 spiro atoms. The lowest BCUT2D eigenvalue weighted by Gasteiger charge is -2.08. The Kier molecular flexibility index (Phi) is 10.2. The molecule has 5 heterocycles. The van der Waals surface area contributed by atoms with Crippen LogP contribution in [0, 0.1) is 11.6 Å². The number of amides is 1. The first kappa shape index (κ1) is 32.2. The Balaban J connectivity index is 0.000000168. The Morgan fingerprint density at radius 1 is 0.708 bits per heavy atom. The van der Waals surface area contributed by atoms with Crippen LogP contribution in [0.2, 0.25) is 0 Å². The molecule has 0 atom stereocenters. The maximum absolute atomic E-state index is 13.2. The summed E-state index contributed by atoms with van der Waals surface area (Å²) in [5.41, 5.74) is 5.57. The van der Waals surface area contributed by atoms with Gasteiger partial charge < -0.3 is 5.32 Å². The lowest BCUT2D eigenvalue weighted by atomic mass is 10.1. The highest BCUT2D eigenvalue weighted by atomic mass is 35.5. The minimum absolute atomic E-state index is 0.286. The Labute approximate surface area is 281 Å². The van der Waals surface area contributed by atoms with E-state index in [2.05, 4.69) is 40.9 Å². The van der Waals surface area contributed by atoms with E-state index in [9.17, 15) is 13.6 Å². The first-order valence-corrected chi connectivity index (χ1v) is 15.9. The van der Waals surface area contributed by atoms with Gasteiger partial charge >= 0.3 is 6.03 Å². The number of benzene rings is 2. The number of thiazole rings is 1. The van der Waals surface area contributed by atoms with Gasteiger partial charge in [0.05, 0.1) is 0 Å². The number of aromatic nitrogens is 9. The van der Waals surface area contributed by atoms with Crippen LogP contribution in [0.5, 0.6) is 0 Å². The van der Waals surface area contributed by atoms with E-state index in [1.807, 2.05) is 17.5 Å². The van der Waals surface area contributed by atoms with Crippen LogP contribution in [0.3, 0.4) is 0 Å². The van der Waals surface area contributed by atoms with Gasteiger partial charge in [0.25, 0.3) is 0 Å². The average Bonchev–Trinajstić information content (AvgIpc) is 3.91. The molecule has 240 valence electrons. The molecular weight excluding hydrogens is 658 g/mol. The molecule has 0 bridgehead atoms. The Bertz CT molecular complexity index is 2070. The van der Waals surface area contributed by atoms with E-state index in [0.717, 1.165) is 27.5 Å². The quantitative estimate of drug-likeness (QED) is 0.135. The van der Waals surface area contributed by atoms with E-state index in [0.29, 0.717) is 41.5 Å². The van der Waals surface area contributed by atoms with Crippen LogP contribution in [-0.4, -0.2) is 63.4 Å². The van der Waals surface area contributed by atoms with Crippen LogP contribution in [0.25, 0.3) is 50.2 Å². The molecule has 0 unspecified atom stereocenters. The largest absolute Gasteiger partial charge is 0.344 e. The number of rotatable bonds is 8. The predicted molar refractivity (Wildman–Crippen MR) is 178 cm³/mol. The standard InChI is InChI=1S/C17H15ClFN5O.C16H10FN5S/c18-8-1-9-21-17(25)24-16(13-6-10-20-11-7-13)15(22-23-24)12-2-4-14(19)5-3-12;17-13-3-1-11(2-4-13)14-15(12-5-7-18-8-6-12)22(21-20-14)16-19-9-10-23-16/h2-7,10-11H,1,8-9H2,(H,21,25);1-10H. The van der Waals surface area contributed by atoms with Crippen molar-refractivity contribution in [1.29, 1.82) is 0 Å². The van der Waals surface area contributed by atoms with E-state index in [-0.39, 0.29) is 11.6 Å². The Morgan fingerprint density at radius 3 is 1.79 bits per heavy atom. The summed E-state index contributed by atoms with van der Waals surface area (Å²) >= 11 is 7.10. The third kappa shape index (κ3) is 7.29. The third-order valence-electron chi connectivity index (χ3n) is 6.86. The summed E-state index contributed by atoms with van der Waals surface area (Å²) < 4.78 is 29.3. The molecule has 0 radical (unpaired) electrons. The molecule has 48 heavy (non-hydrogen) atoms. The summed E-state index contributed by atoms with van der Waals surface area (Å²) in [5.74, 6) is -0.178. The molecule has 7 rings (SSSR count). The highest BCUT2D eigenvalue weighted by Crippen LogP contribution is 2.33. The molecule has 0 aliphatic rings. The van der Waals surface area contributed by atoms with Crippen LogP contribution < -0.4 is 5.32 Å². The van der Waals surface area contributed by atoms with Crippen molar-refractivity contribution >= 4 is 29.0 Å². The third-order valence-corrected chi connectivity index (χ3v) is 7.88. The molecule has 2 aromatic carbocycles. The van der Waals surface area contributed by atoms with Crippen molar-refractivity contribution < 1.29 is 13.6 Å². The highest BCUT2D eigenvalue weighted by molar-refractivity contribution is 7.12. The predicted octanol–water partition coefficient (Wildman–Crippen LogP) is 6.92. The smallest absolute Gasteiger partial charge is 0.336 e. The number of alkyl halides is 1. The van der Waals surface area contributed by atoms with Crippen molar-refractivity contribution in [2.75, 3.05) is 12.4 Å². The van der Waals surface area contributed by atoms with Gasteiger partial charge in [-0.3, -0.25) is 9.97 Å². The van der Waals surface area contributed by atoms with E-state index in [1.165, 1.54) is 40.3 Å². The van der Waals surface area contributed by atoms with Crippen LogP contribution in [0.4, 0.5) is 13.6 Å². The first-order chi connectivity index (χ1) is 23.5. The van der Waals surface area contributed by atoms with Crippen LogP contribution >= 0.6 is 22.9 Å². The maximum Gasteiger partial charge on any atom is 0.344 e. The van der Waals surface area contributed by atoms with E-state index in [1.54, 1.807) is 72.1 Å². The molecule has 0 fully saturated rings. The van der Waals surface area contributed by atoms with Crippen molar-refractivity contribution in [3.05, 3.63) is 121 Å². The first-order valence-electron chi connectivity index (χ1n) is 14.5. The minimum atomic E-state index is -0.405. The van der Waals surface area contributed by atoms with Gasteiger partial charge in [-0.2, -0.15) is 9.36 Å². The molecule has 15 heteroatoms. The van der Waals surface area contributed by atoms with Gasteiger partial charge in [0.2, 0.25) is 5.13 Å². The van der Waals surface area contributed by atoms with Gasteiger partial charge in [-0.1, -0.05) is 10.4 Å². The van der Waals surface area contributed by atoms with Crippen molar-refractivity contribution in [3.63, 3.8) is 0 Å². The number of hydrogen-bond donors (Lipinski definition) is 1. The molecule has 0 aliphatic carbocycles. The molecule has 0 saturated heterocycles. The molecule has 11 nitrogen and oxygen atoms in total. The van der Waals surface area contributed by atoms with Gasteiger partial charge in [0.1, 0.15) is 34.4 Å². The summed E-state index contributed by atoms with van der Waals surface area (Å²) in [6.07, 6.45) is 9.03. The fraction of sp³-hybridized carbons (Fsp3) is 0.0909.